The van der Waals surface area contributed by atoms with Crippen molar-refractivity contribution in [2.45, 2.75) is 44.8 Å². The topological polar surface area (TPSA) is 132 Å². The summed E-state index contributed by atoms with van der Waals surface area (Å²) < 4.78 is 5.88. The first-order valence-electron chi connectivity index (χ1n) is 13.2. The van der Waals surface area contributed by atoms with Crippen LogP contribution in [-0.2, 0) is 22.7 Å². The van der Waals surface area contributed by atoms with E-state index in [2.05, 4.69) is 15.6 Å². The highest BCUT2D eigenvalue weighted by Crippen LogP contribution is 2.28. The van der Waals surface area contributed by atoms with E-state index in [-0.39, 0.29) is 24.3 Å². The van der Waals surface area contributed by atoms with Gasteiger partial charge in [-0.05, 0) is 91.2 Å². The van der Waals surface area contributed by atoms with Gasteiger partial charge in [-0.3, -0.25) is 14.6 Å². The summed E-state index contributed by atoms with van der Waals surface area (Å²) in [5.74, 6) is 0.410. The first-order valence-corrected chi connectivity index (χ1v) is 13.2. The summed E-state index contributed by atoms with van der Waals surface area (Å²) in [5.41, 5.74) is 15.0. The molecule has 0 bridgehead atoms. The Morgan fingerprint density at radius 2 is 1.58 bits per heavy atom. The summed E-state index contributed by atoms with van der Waals surface area (Å²) in [7, 11) is 0. The van der Waals surface area contributed by atoms with Crippen LogP contribution in [0.2, 0.25) is 0 Å². The maximum atomic E-state index is 13.4. The molecule has 200 valence electrons. The minimum atomic E-state index is -0.567. The van der Waals surface area contributed by atoms with Gasteiger partial charge in [0, 0.05) is 37.1 Å². The fourth-order valence-corrected chi connectivity index (χ4v) is 4.76. The molecule has 38 heavy (non-hydrogen) atoms. The number of anilines is 1. The quantitative estimate of drug-likeness (QED) is 0.308. The molecule has 8 heteroatoms. The minimum absolute atomic E-state index is 0.00266. The van der Waals surface area contributed by atoms with Gasteiger partial charge in [0.2, 0.25) is 11.8 Å². The smallest absolute Gasteiger partial charge is 0.233 e. The number of ether oxygens (including phenoxy) is 1. The molecule has 1 heterocycles. The van der Waals surface area contributed by atoms with Crippen LogP contribution in [0.1, 0.15) is 48.3 Å². The molecule has 1 unspecified atom stereocenters. The molecule has 0 saturated heterocycles. The lowest BCUT2D eigenvalue weighted by Gasteiger charge is -2.27. The summed E-state index contributed by atoms with van der Waals surface area (Å²) in [6.45, 7) is 1.74. The van der Waals surface area contributed by atoms with Crippen LogP contribution in [-0.4, -0.2) is 29.9 Å². The van der Waals surface area contributed by atoms with Crippen LogP contribution < -0.4 is 26.8 Å². The van der Waals surface area contributed by atoms with Crippen molar-refractivity contribution < 1.29 is 14.3 Å². The van der Waals surface area contributed by atoms with E-state index < -0.39 is 5.92 Å². The number of nitrogens with zero attached hydrogens (tertiary/aromatic N) is 1. The van der Waals surface area contributed by atoms with E-state index in [4.69, 9.17) is 16.2 Å². The number of amides is 2. The van der Waals surface area contributed by atoms with Gasteiger partial charge in [0.05, 0.1) is 5.92 Å². The average Bonchev–Trinajstić information content (AvgIpc) is 2.97. The van der Waals surface area contributed by atoms with Gasteiger partial charge < -0.3 is 26.8 Å². The molecule has 3 aromatic rings. The van der Waals surface area contributed by atoms with Gasteiger partial charge in [-0.2, -0.15) is 0 Å². The second-order valence-electron chi connectivity index (χ2n) is 9.85. The number of nitrogens with two attached hydrogens (primary N) is 2. The molecule has 2 amide bonds. The van der Waals surface area contributed by atoms with E-state index in [1.807, 2.05) is 60.7 Å². The molecular formula is C30H37N5O3. The Morgan fingerprint density at radius 3 is 2.21 bits per heavy atom. The van der Waals surface area contributed by atoms with Crippen LogP contribution in [0.15, 0.2) is 73.1 Å². The Bertz CT molecular complexity index is 1160. The molecule has 1 aromatic heterocycles. The molecule has 1 saturated carbocycles. The monoisotopic (exact) mass is 515 g/mol. The number of rotatable bonds is 11. The predicted octanol–water partition coefficient (Wildman–Crippen LogP) is 3.72. The highest BCUT2D eigenvalue weighted by molar-refractivity contribution is 5.96. The van der Waals surface area contributed by atoms with E-state index in [1.165, 1.54) is 0 Å². The molecule has 0 aliphatic heterocycles. The van der Waals surface area contributed by atoms with Crippen molar-refractivity contribution in [2.24, 2.45) is 23.3 Å². The van der Waals surface area contributed by atoms with Crippen LogP contribution in [0.4, 0.5) is 5.69 Å². The maximum absolute atomic E-state index is 13.4. The third-order valence-electron chi connectivity index (χ3n) is 7.24. The van der Waals surface area contributed by atoms with Crippen molar-refractivity contribution in [1.29, 1.82) is 0 Å². The van der Waals surface area contributed by atoms with E-state index >= 15 is 0 Å². The van der Waals surface area contributed by atoms with Crippen molar-refractivity contribution in [3.63, 3.8) is 0 Å². The van der Waals surface area contributed by atoms with Crippen LogP contribution >= 0.6 is 0 Å². The second-order valence-corrected chi connectivity index (χ2v) is 9.85. The fourth-order valence-electron chi connectivity index (χ4n) is 4.76. The van der Waals surface area contributed by atoms with Crippen LogP contribution in [0, 0.1) is 11.8 Å². The van der Waals surface area contributed by atoms with Gasteiger partial charge in [0.25, 0.3) is 0 Å². The van der Waals surface area contributed by atoms with Gasteiger partial charge in [-0.15, -0.1) is 0 Å². The molecule has 1 aliphatic carbocycles. The Labute approximate surface area is 224 Å². The molecule has 8 nitrogen and oxygen atoms in total. The minimum Gasteiger partial charge on any atom is -0.489 e. The third kappa shape index (κ3) is 7.63. The Balaban J connectivity index is 1.43. The highest BCUT2D eigenvalue weighted by atomic mass is 16.5. The number of hydrogen-bond acceptors (Lipinski definition) is 6. The highest BCUT2D eigenvalue weighted by Gasteiger charge is 2.28. The van der Waals surface area contributed by atoms with Crippen LogP contribution in [0.5, 0.6) is 5.75 Å². The Kier molecular flexibility index (Phi) is 9.84. The molecular weight excluding hydrogens is 478 g/mol. The maximum Gasteiger partial charge on any atom is 0.233 e. The van der Waals surface area contributed by atoms with Crippen LogP contribution in [0.3, 0.4) is 0 Å². The zero-order valence-electron chi connectivity index (χ0n) is 21.6. The van der Waals surface area contributed by atoms with Crippen molar-refractivity contribution in [3.8, 4) is 5.75 Å². The molecule has 4 rings (SSSR count). The van der Waals surface area contributed by atoms with Crippen molar-refractivity contribution >= 4 is 17.5 Å². The number of benzene rings is 2. The van der Waals surface area contributed by atoms with Crippen molar-refractivity contribution in [2.75, 3.05) is 18.4 Å². The molecule has 6 N–H and O–H groups in total. The molecule has 1 fully saturated rings. The lowest BCUT2D eigenvalue weighted by atomic mass is 9.81. The van der Waals surface area contributed by atoms with Gasteiger partial charge in [0.15, 0.2) is 0 Å². The van der Waals surface area contributed by atoms with Crippen molar-refractivity contribution in [3.05, 3.63) is 89.7 Å². The summed E-state index contributed by atoms with van der Waals surface area (Å²) in [5, 5.41) is 6.03. The lowest BCUT2D eigenvalue weighted by molar-refractivity contribution is -0.126. The Hall–Kier alpha value is -3.75. The number of carbonyl (C=O) groups excluding carboxylic acids is 2. The Morgan fingerprint density at radius 1 is 0.895 bits per heavy atom. The van der Waals surface area contributed by atoms with Crippen molar-refractivity contribution in [1.82, 2.24) is 10.3 Å². The largest absolute Gasteiger partial charge is 0.489 e. The standard InChI is InChI=1S/C30H37N5O3/c31-17-21-1-5-25(6-2-21)29(36)34-19-28(30(37)35-26-9-3-22(18-32)4-10-26)24-7-11-27(12-8-24)38-20-23-13-15-33-16-14-23/h3-4,7-16,21,25,28H,1-2,5-6,17-20,31-32H2,(H,34,36)(H,35,37). The average molecular weight is 516 g/mol. The van der Waals surface area contributed by atoms with Gasteiger partial charge in [-0.1, -0.05) is 24.3 Å². The summed E-state index contributed by atoms with van der Waals surface area (Å²) in [6, 6.07) is 18.7. The zero-order chi connectivity index (χ0) is 26.7. The molecule has 0 radical (unpaired) electrons. The van der Waals surface area contributed by atoms with Gasteiger partial charge in [-0.25, -0.2) is 0 Å². The fraction of sp³-hybridized carbons (Fsp3) is 0.367. The lowest BCUT2D eigenvalue weighted by Crippen LogP contribution is -2.39. The van der Waals surface area contributed by atoms with Gasteiger partial charge >= 0.3 is 0 Å². The number of carbonyl (C=O) groups is 2. The number of hydrogen-bond donors (Lipinski definition) is 4. The SMILES string of the molecule is NCc1ccc(NC(=O)C(CNC(=O)C2CCC(CN)CC2)c2ccc(OCc3ccncc3)cc2)cc1. The summed E-state index contributed by atoms with van der Waals surface area (Å²) in [6.07, 6.45) is 7.07. The molecule has 1 aliphatic rings. The van der Waals surface area contributed by atoms with E-state index in [0.717, 1.165) is 42.4 Å². The first kappa shape index (κ1) is 27.3. The van der Waals surface area contributed by atoms with E-state index in [9.17, 15) is 9.59 Å². The number of aromatic nitrogens is 1. The normalized spacial score (nSPS) is 17.8. The molecule has 2 aromatic carbocycles. The second kappa shape index (κ2) is 13.7. The zero-order valence-corrected chi connectivity index (χ0v) is 21.6. The summed E-state index contributed by atoms with van der Waals surface area (Å²) in [4.78, 5) is 30.4. The van der Waals surface area contributed by atoms with E-state index in [1.54, 1.807) is 12.4 Å². The van der Waals surface area contributed by atoms with E-state index in [0.29, 0.717) is 37.1 Å². The molecule has 1 atom stereocenters. The number of nitrogens with one attached hydrogen (secondary N) is 2. The van der Waals surface area contributed by atoms with Crippen LogP contribution in [0.25, 0.3) is 0 Å². The van der Waals surface area contributed by atoms with Gasteiger partial charge in [0.1, 0.15) is 12.4 Å². The first-order chi connectivity index (χ1) is 18.6. The molecule has 0 spiro atoms. The summed E-state index contributed by atoms with van der Waals surface area (Å²) >= 11 is 0. The number of pyridine rings is 1. The predicted molar refractivity (Wildman–Crippen MR) is 148 cm³/mol. The third-order valence-corrected chi connectivity index (χ3v) is 7.24.